The number of hydrogen-bond acceptors (Lipinski definition) is 3. The highest BCUT2D eigenvalue weighted by Crippen LogP contribution is 2.23. The first-order valence-corrected chi connectivity index (χ1v) is 8.32. The van der Waals surface area contributed by atoms with Crippen LogP contribution in [0, 0.1) is 11.6 Å². The number of benzene rings is 1. The molecule has 0 saturated carbocycles. The van der Waals surface area contributed by atoms with Crippen molar-refractivity contribution in [2.75, 3.05) is 13.6 Å². The van der Waals surface area contributed by atoms with Crippen LogP contribution < -0.4 is 5.32 Å². The molecule has 0 fully saturated rings. The van der Waals surface area contributed by atoms with Gasteiger partial charge in [-0.1, -0.05) is 20.8 Å². The molecular weight excluding hydrogens is 298 g/mol. The Balaban J connectivity index is 3.24. The van der Waals surface area contributed by atoms with E-state index in [0.29, 0.717) is 6.42 Å². The summed E-state index contributed by atoms with van der Waals surface area (Å²) < 4.78 is 53.8. The first kappa shape index (κ1) is 18.0. The summed E-state index contributed by atoms with van der Waals surface area (Å²) in [5.41, 5.74) is -0.255. The van der Waals surface area contributed by atoms with Crippen molar-refractivity contribution in [3.05, 3.63) is 29.3 Å². The highest BCUT2D eigenvalue weighted by Gasteiger charge is 2.26. The molecule has 0 heterocycles. The molecule has 1 aromatic rings. The average molecular weight is 320 g/mol. The lowest BCUT2D eigenvalue weighted by Gasteiger charge is -2.18. The maximum atomic E-state index is 14.4. The summed E-state index contributed by atoms with van der Waals surface area (Å²) in [5.74, 6) is -1.77. The van der Waals surface area contributed by atoms with Gasteiger partial charge in [-0.3, -0.25) is 0 Å². The summed E-state index contributed by atoms with van der Waals surface area (Å²) in [7, 11) is -2.56. The Morgan fingerprint density at radius 1 is 1.29 bits per heavy atom. The molecule has 0 aliphatic heterocycles. The van der Waals surface area contributed by atoms with E-state index in [9.17, 15) is 17.2 Å². The van der Waals surface area contributed by atoms with Crippen LogP contribution in [0.4, 0.5) is 8.78 Å². The highest BCUT2D eigenvalue weighted by atomic mass is 32.2. The van der Waals surface area contributed by atoms with Gasteiger partial charge in [0.2, 0.25) is 10.0 Å². The Labute approximate surface area is 125 Å². The van der Waals surface area contributed by atoms with Crippen LogP contribution >= 0.6 is 0 Å². The van der Waals surface area contributed by atoms with Crippen LogP contribution in [-0.4, -0.2) is 32.4 Å². The fourth-order valence-corrected chi connectivity index (χ4v) is 3.19. The number of halogens is 2. The fourth-order valence-electron chi connectivity index (χ4n) is 1.85. The van der Waals surface area contributed by atoms with Crippen LogP contribution in [0.3, 0.4) is 0 Å². The minimum absolute atomic E-state index is 0.0341. The maximum Gasteiger partial charge on any atom is 0.245 e. The van der Waals surface area contributed by atoms with E-state index in [1.165, 1.54) is 7.05 Å². The zero-order valence-corrected chi connectivity index (χ0v) is 13.6. The van der Waals surface area contributed by atoms with Crippen molar-refractivity contribution in [3.8, 4) is 0 Å². The first-order chi connectivity index (χ1) is 9.71. The normalized spacial score (nSPS) is 12.4. The van der Waals surface area contributed by atoms with E-state index in [1.54, 1.807) is 0 Å². The maximum absolute atomic E-state index is 14.4. The van der Waals surface area contributed by atoms with Crippen molar-refractivity contribution in [2.45, 2.75) is 44.7 Å². The number of nitrogens with one attached hydrogen (secondary N) is 1. The average Bonchev–Trinajstić information content (AvgIpc) is 2.38. The van der Waals surface area contributed by atoms with Gasteiger partial charge in [0.25, 0.3) is 0 Å². The highest BCUT2D eigenvalue weighted by molar-refractivity contribution is 7.89. The van der Waals surface area contributed by atoms with Gasteiger partial charge in [-0.2, -0.15) is 0 Å². The smallest absolute Gasteiger partial charge is 0.245 e. The molecule has 1 aromatic carbocycles. The van der Waals surface area contributed by atoms with E-state index in [0.717, 1.165) is 16.4 Å². The molecule has 0 aliphatic carbocycles. The molecule has 0 aliphatic rings. The van der Waals surface area contributed by atoms with E-state index >= 15 is 0 Å². The molecule has 0 unspecified atom stereocenters. The lowest BCUT2D eigenvalue weighted by atomic mass is 10.2. The van der Waals surface area contributed by atoms with Crippen molar-refractivity contribution >= 4 is 10.0 Å². The largest absolute Gasteiger partial charge is 0.310 e. The van der Waals surface area contributed by atoms with E-state index in [1.807, 2.05) is 20.8 Å². The summed E-state index contributed by atoms with van der Waals surface area (Å²) in [6, 6.07) is 2.00. The van der Waals surface area contributed by atoms with Crippen LogP contribution in [-0.2, 0) is 16.6 Å². The van der Waals surface area contributed by atoms with Crippen LogP contribution in [0.15, 0.2) is 17.0 Å². The Kier molecular flexibility index (Phi) is 6.24. The van der Waals surface area contributed by atoms with E-state index < -0.39 is 26.6 Å². The summed E-state index contributed by atoms with van der Waals surface area (Å²) in [4.78, 5) is -0.486. The third-order valence-electron chi connectivity index (χ3n) is 3.06. The fraction of sp³-hybridized carbons (Fsp3) is 0.571. The molecule has 0 atom stereocenters. The number of hydrogen-bond donors (Lipinski definition) is 1. The number of sulfonamides is 1. The first-order valence-electron chi connectivity index (χ1n) is 6.88. The second-order valence-electron chi connectivity index (χ2n) is 5.20. The molecule has 0 saturated heterocycles. The van der Waals surface area contributed by atoms with Gasteiger partial charge in [-0.05, 0) is 18.6 Å². The van der Waals surface area contributed by atoms with Gasteiger partial charge >= 0.3 is 0 Å². The summed E-state index contributed by atoms with van der Waals surface area (Å²) in [6.45, 7) is 5.72. The Hall–Kier alpha value is -1.05. The minimum Gasteiger partial charge on any atom is -0.310 e. The molecule has 0 radical (unpaired) electrons. The van der Waals surface area contributed by atoms with Crippen molar-refractivity contribution in [1.82, 2.24) is 9.62 Å². The predicted octanol–water partition coefficient (Wildman–Crippen LogP) is 2.49. The Morgan fingerprint density at radius 2 is 1.90 bits per heavy atom. The van der Waals surface area contributed by atoms with Crippen LogP contribution in [0.25, 0.3) is 0 Å². The number of nitrogens with zero attached hydrogens (tertiary/aromatic N) is 1. The lowest BCUT2D eigenvalue weighted by molar-refractivity contribution is 0.455. The predicted molar refractivity (Wildman–Crippen MR) is 78.4 cm³/mol. The van der Waals surface area contributed by atoms with Gasteiger partial charge in [0.15, 0.2) is 5.82 Å². The summed E-state index contributed by atoms with van der Waals surface area (Å²) in [5, 5.41) is 2.89. The van der Waals surface area contributed by atoms with E-state index in [-0.39, 0.29) is 24.7 Å². The lowest BCUT2D eigenvalue weighted by Crippen LogP contribution is -2.29. The molecule has 4 nitrogen and oxygen atoms in total. The molecule has 0 aromatic heterocycles. The van der Waals surface area contributed by atoms with Gasteiger partial charge in [-0.15, -0.1) is 0 Å². The van der Waals surface area contributed by atoms with Crippen molar-refractivity contribution in [2.24, 2.45) is 0 Å². The van der Waals surface area contributed by atoms with Crippen LogP contribution in [0.5, 0.6) is 0 Å². The molecule has 21 heavy (non-hydrogen) atoms. The molecule has 1 rings (SSSR count). The third kappa shape index (κ3) is 4.21. The number of rotatable bonds is 7. The summed E-state index contributed by atoms with van der Waals surface area (Å²) in [6.07, 6.45) is 0.611. The van der Waals surface area contributed by atoms with Crippen molar-refractivity contribution in [3.63, 3.8) is 0 Å². The Morgan fingerprint density at radius 3 is 2.43 bits per heavy atom. The van der Waals surface area contributed by atoms with Gasteiger partial charge in [0, 0.05) is 31.7 Å². The molecule has 120 valence electrons. The van der Waals surface area contributed by atoms with Crippen LogP contribution in [0.1, 0.15) is 32.8 Å². The van der Waals surface area contributed by atoms with Crippen molar-refractivity contribution in [1.29, 1.82) is 0 Å². The third-order valence-corrected chi connectivity index (χ3v) is 4.94. The second kappa shape index (κ2) is 7.29. The van der Waals surface area contributed by atoms with Gasteiger partial charge in [-0.25, -0.2) is 21.5 Å². The quantitative estimate of drug-likeness (QED) is 0.840. The second-order valence-corrected chi connectivity index (χ2v) is 7.21. The molecule has 0 spiro atoms. The molecule has 0 bridgehead atoms. The standard InChI is InChI=1S/C14H22F2N2O2S/c1-5-8-18(4)21(19,20)13-7-6-12(15)11(14(13)16)9-17-10(2)3/h6-7,10,17H,5,8-9H2,1-4H3. The zero-order chi connectivity index (χ0) is 16.2. The van der Waals surface area contributed by atoms with Gasteiger partial charge < -0.3 is 5.32 Å². The van der Waals surface area contributed by atoms with E-state index in [2.05, 4.69) is 5.32 Å². The van der Waals surface area contributed by atoms with Crippen LogP contribution in [0.2, 0.25) is 0 Å². The monoisotopic (exact) mass is 320 g/mol. The molecular formula is C14H22F2N2O2S. The van der Waals surface area contributed by atoms with Gasteiger partial charge in [0.05, 0.1) is 0 Å². The molecule has 1 N–H and O–H groups in total. The molecule has 7 heteroatoms. The van der Waals surface area contributed by atoms with E-state index in [4.69, 9.17) is 0 Å². The Bertz CT molecular complexity index is 589. The topological polar surface area (TPSA) is 49.4 Å². The zero-order valence-electron chi connectivity index (χ0n) is 12.8. The minimum atomic E-state index is -3.95. The van der Waals surface area contributed by atoms with Crippen molar-refractivity contribution < 1.29 is 17.2 Å². The SMILES string of the molecule is CCCN(C)S(=O)(=O)c1ccc(F)c(CNC(C)C)c1F. The molecule has 0 amide bonds. The summed E-state index contributed by atoms with van der Waals surface area (Å²) >= 11 is 0. The van der Waals surface area contributed by atoms with Gasteiger partial charge in [0.1, 0.15) is 10.7 Å².